The summed E-state index contributed by atoms with van der Waals surface area (Å²) < 4.78 is 33.5. The minimum atomic E-state index is -3.45. The molecule has 2 saturated heterocycles. The third kappa shape index (κ3) is 2.07. The second-order valence-electron chi connectivity index (χ2n) is 5.87. The molecule has 3 atom stereocenters. The fourth-order valence-corrected chi connectivity index (χ4v) is 4.79. The Morgan fingerprint density at radius 1 is 1.20 bits per heavy atom. The van der Waals surface area contributed by atoms with Gasteiger partial charge < -0.3 is 10.1 Å². The summed E-state index contributed by atoms with van der Waals surface area (Å²) >= 11 is 0. The molecule has 2 N–H and O–H groups in total. The van der Waals surface area contributed by atoms with Gasteiger partial charge in [-0.25, -0.2) is 13.1 Å². The van der Waals surface area contributed by atoms with Crippen molar-refractivity contribution >= 4 is 10.0 Å². The third-order valence-electron chi connectivity index (χ3n) is 4.53. The van der Waals surface area contributed by atoms with Gasteiger partial charge in [-0.15, -0.1) is 0 Å². The van der Waals surface area contributed by atoms with Crippen LogP contribution in [0.4, 0.5) is 0 Å². The Morgan fingerprint density at radius 3 is 2.80 bits per heavy atom. The van der Waals surface area contributed by atoms with Crippen LogP contribution in [-0.2, 0) is 27.8 Å². The average molecular weight is 294 g/mol. The highest BCUT2D eigenvalue weighted by Crippen LogP contribution is 2.35. The van der Waals surface area contributed by atoms with Crippen molar-refractivity contribution in [2.75, 3.05) is 0 Å². The Morgan fingerprint density at radius 2 is 2.05 bits per heavy atom. The Labute approximate surface area is 118 Å². The minimum absolute atomic E-state index is 0.0610. The van der Waals surface area contributed by atoms with Gasteiger partial charge in [-0.2, -0.15) is 0 Å². The van der Waals surface area contributed by atoms with Crippen LogP contribution in [0.3, 0.4) is 0 Å². The van der Waals surface area contributed by atoms with Gasteiger partial charge in [0, 0.05) is 13.1 Å². The molecule has 2 bridgehead atoms. The van der Waals surface area contributed by atoms with Gasteiger partial charge >= 0.3 is 0 Å². The maximum atomic E-state index is 12.5. The van der Waals surface area contributed by atoms with Crippen molar-refractivity contribution in [3.8, 4) is 0 Å². The fraction of sp³-hybridized carbons (Fsp3) is 0.571. The van der Waals surface area contributed by atoms with Gasteiger partial charge in [0.15, 0.2) is 0 Å². The molecule has 4 rings (SSSR count). The molecule has 0 amide bonds. The van der Waals surface area contributed by atoms with Crippen LogP contribution >= 0.6 is 0 Å². The summed E-state index contributed by atoms with van der Waals surface area (Å²) in [5.41, 5.74) is 2.27. The predicted octanol–water partition coefficient (Wildman–Crippen LogP) is 0.888. The van der Waals surface area contributed by atoms with Crippen LogP contribution in [0.2, 0.25) is 0 Å². The molecule has 0 saturated carbocycles. The van der Waals surface area contributed by atoms with Crippen molar-refractivity contribution in [2.24, 2.45) is 0 Å². The summed E-state index contributed by atoms with van der Waals surface area (Å²) in [5, 5.41) is 3.23. The highest BCUT2D eigenvalue weighted by molar-refractivity contribution is 7.89. The zero-order valence-corrected chi connectivity index (χ0v) is 11.9. The highest BCUT2D eigenvalue weighted by Gasteiger charge is 2.42. The smallest absolute Gasteiger partial charge is 0.240 e. The van der Waals surface area contributed by atoms with E-state index in [-0.39, 0.29) is 18.2 Å². The molecule has 3 aliphatic heterocycles. The second kappa shape index (κ2) is 4.53. The van der Waals surface area contributed by atoms with Gasteiger partial charge in [-0.3, -0.25) is 0 Å². The SMILES string of the molecule is O=S(=O)(NC1CC2CCC1O2)c1ccc2c(c1)CNC2. The van der Waals surface area contributed by atoms with E-state index in [4.69, 9.17) is 4.74 Å². The fourth-order valence-electron chi connectivity index (χ4n) is 3.47. The number of rotatable bonds is 3. The molecule has 108 valence electrons. The number of sulfonamides is 1. The maximum Gasteiger partial charge on any atom is 0.240 e. The summed E-state index contributed by atoms with van der Waals surface area (Å²) in [6.07, 6.45) is 3.14. The summed E-state index contributed by atoms with van der Waals surface area (Å²) in [6.45, 7) is 1.57. The van der Waals surface area contributed by atoms with E-state index in [1.54, 1.807) is 12.1 Å². The van der Waals surface area contributed by atoms with E-state index in [9.17, 15) is 8.42 Å². The first kappa shape index (κ1) is 12.8. The van der Waals surface area contributed by atoms with Gasteiger partial charge in [0.1, 0.15) is 0 Å². The molecule has 1 aromatic carbocycles. The Balaban J connectivity index is 1.57. The average Bonchev–Trinajstić information content (AvgIpc) is 3.13. The van der Waals surface area contributed by atoms with Gasteiger partial charge in [-0.05, 0) is 42.5 Å². The molecule has 1 aromatic rings. The summed E-state index contributed by atoms with van der Waals surface area (Å²) in [4.78, 5) is 0.364. The maximum absolute atomic E-state index is 12.5. The Bertz CT molecular complexity index is 644. The summed E-state index contributed by atoms with van der Waals surface area (Å²) in [6, 6.07) is 5.32. The van der Waals surface area contributed by atoms with Crippen molar-refractivity contribution in [3.63, 3.8) is 0 Å². The first-order valence-electron chi connectivity index (χ1n) is 7.12. The van der Waals surface area contributed by atoms with E-state index in [2.05, 4.69) is 10.0 Å². The van der Waals surface area contributed by atoms with Crippen molar-refractivity contribution in [1.82, 2.24) is 10.0 Å². The standard InChI is InChI=1S/C14H18N2O3S/c17-20(18,16-13-6-11-2-4-14(13)19-11)12-3-1-9-7-15-8-10(9)5-12/h1,3,5,11,13-16H,2,4,6-8H2. The molecule has 20 heavy (non-hydrogen) atoms. The van der Waals surface area contributed by atoms with Gasteiger partial charge in [0.2, 0.25) is 10.0 Å². The number of nitrogens with one attached hydrogen (secondary N) is 2. The largest absolute Gasteiger partial charge is 0.373 e. The van der Waals surface area contributed by atoms with E-state index in [1.807, 2.05) is 6.07 Å². The van der Waals surface area contributed by atoms with Gasteiger partial charge in [-0.1, -0.05) is 6.07 Å². The topological polar surface area (TPSA) is 67.4 Å². The number of fused-ring (bicyclic) bond motifs is 3. The Hall–Kier alpha value is -0.950. The molecule has 0 spiro atoms. The van der Waals surface area contributed by atoms with Crippen LogP contribution < -0.4 is 10.0 Å². The molecule has 6 heteroatoms. The van der Waals surface area contributed by atoms with Crippen LogP contribution in [0.15, 0.2) is 23.1 Å². The number of ether oxygens (including phenoxy) is 1. The summed E-state index contributed by atoms with van der Waals surface area (Å²) in [5.74, 6) is 0. The molecule has 0 aliphatic carbocycles. The summed E-state index contributed by atoms with van der Waals surface area (Å²) in [7, 11) is -3.45. The molecule has 3 aliphatic rings. The molecular weight excluding hydrogens is 276 g/mol. The monoisotopic (exact) mass is 294 g/mol. The lowest BCUT2D eigenvalue weighted by Gasteiger charge is -2.20. The molecule has 0 aromatic heterocycles. The van der Waals surface area contributed by atoms with Crippen molar-refractivity contribution in [1.29, 1.82) is 0 Å². The Kier molecular flexibility index (Phi) is 2.89. The third-order valence-corrected chi connectivity index (χ3v) is 6.02. The molecular formula is C14H18N2O3S. The van der Waals surface area contributed by atoms with E-state index in [1.165, 1.54) is 5.56 Å². The normalized spacial score (nSPS) is 31.7. The van der Waals surface area contributed by atoms with Crippen molar-refractivity contribution < 1.29 is 13.2 Å². The van der Waals surface area contributed by atoms with Crippen LogP contribution in [0, 0.1) is 0 Å². The molecule has 3 heterocycles. The van der Waals surface area contributed by atoms with E-state index in [0.29, 0.717) is 4.90 Å². The van der Waals surface area contributed by atoms with Gasteiger partial charge in [0.05, 0.1) is 23.1 Å². The number of hydrogen-bond acceptors (Lipinski definition) is 4. The van der Waals surface area contributed by atoms with Crippen LogP contribution in [0.5, 0.6) is 0 Å². The molecule has 5 nitrogen and oxygen atoms in total. The molecule has 2 fully saturated rings. The van der Waals surface area contributed by atoms with E-state index >= 15 is 0 Å². The molecule has 3 unspecified atom stereocenters. The molecule has 0 radical (unpaired) electrons. The zero-order chi connectivity index (χ0) is 13.7. The quantitative estimate of drug-likeness (QED) is 0.869. The predicted molar refractivity (Wildman–Crippen MR) is 73.6 cm³/mol. The number of hydrogen-bond donors (Lipinski definition) is 2. The lowest BCUT2D eigenvalue weighted by Crippen LogP contribution is -2.41. The van der Waals surface area contributed by atoms with Gasteiger partial charge in [0.25, 0.3) is 0 Å². The van der Waals surface area contributed by atoms with Crippen molar-refractivity contribution in [3.05, 3.63) is 29.3 Å². The highest BCUT2D eigenvalue weighted by atomic mass is 32.2. The van der Waals surface area contributed by atoms with E-state index in [0.717, 1.165) is 37.9 Å². The lowest BCUT2D eigenvalue weighted by molar-refractivity contribution is 0.0996. The van der Waals surface area contributed by atoms with Crippen LogP contribution in [0.1, 0.15) is 30.4 Å². The number of benzene rings is 1. The van der Waals surface area contributed by atoms with E-state index < -0.39 is 10.0 Å². The first-order valence-corrected chi connectivity index (χ1v) is 8.60. The zero-order valence-electron chi connectivity index (χ0n) is 11.1. The lowest BCUT2D eigenvalue weighted by atomic mass is 9.96. The van der Waals surface area contributed by atoms with Crippen LogP contribution in [0.25, 0.3) is 0 Å². The van der Waals surface area contributed by atoms with Crippen LogP contribution in [-0.4, -0.2) is 26.7 Å². The second-order valence-corrected chi connectivity index (χ2v) is 7.59. The minimum Gasteiger partial charge on any atom is -0.373 e. The first-order chi connectivity index (χ1) is 9.62. The van der Waals surface area contributed by atoms with Crippen molar-refractivity contribution in [2.45, 2.75) is 55.5 Å².